The predicted molar refractivity (Wildman–Crippen MR) is 94.9 cm³/mol. The van der Waals surface area contributed by atoms with Crippen molar-refractivity contribution in [3.63, 3.8) is 0 Å². The molecule has 0 fully saturated rings. The first-order valence-electron chi connectivity index (χ1n) is 7.40. The van der Waals surface area contributed by atoms with Crippen molar-refractivity contribution < 1.29 is 0 Å². The highest BCUT2D eigenvalue weighted by atomic mass is 32.2. The smallest absolute Gasteiger partial charge is 0.0271 e. The second-order valence-electron chi connectivity index (χ2n) is 4.90. The van der Waals surface area contributed by atoms with Crippen LogP contribution in [0.25, 0.3) is 0 Å². The van der Waals surface area contributed by atoms with Gasteiger partial charge >= 0.3 is 0 Å². The Morgan fingerprint density at radius 1 is 1.25 bits per heavy atom. The third-order valence-electron chi connectivity index (χ3n) is 3.16. The fourth-order valence-electron chi connectivity index (χ4n) is 2.02. The molecule has 0 aromatic heterocycles. The molecule has 0 amide bonds. The van der Waals surface area contributed by atoms with Crippen LogP contribution in [0.15, 0.2) is 72.2 Å². The van der Waals surface area contributed by atoms with Gasteiger partial charge in [-0.25, -0.2) is 0 Å². The van der Waals surface area contributed by atoms with Gasteiger partial charge in [0.2, 0.25) is 0 Å². The lowest BCUT2D eigenvalue weighted by atomic mass is 10.1. The third kappa shape index (κ3) is 6.81. The summed E-state index contributed by atoms with van der Waals surface area (Å²) in [5, 5.41) is 0.738. The second-order valence-corrected chi connectivity index (χ2v) is 6.22. The lowest BCUT2D eigenvalue weighted by molar-refractivity contribution is 0.741. The van der Waals surface area contributed by atoms with Crippen LogP contribution in [0, 0.1) is 5.92 Å². The normalized spacial score (nSPS) is 24.8. The molecular formula is C19H26S. The summed E-state index contributed by atoms with van der Waals surface area (Å²) in [6.07, 6.45) is 24.9. The van der Waals surface area contributed by atoms with Crippen LogP contribution in [-0.4, -0.2) is 5.25 Å². The lowest BCUT2D eigenvalue weighted by Gasteiger charge is -2.18. The fourth-order valence-corrected chi connectivity index (χ4v) is 3.29. The van der Waals surface area contributed by atoms with Crippen molar-refractivity contribution in [1.82, 2.24) is 0 Å². The van der Waals surface area contributed by atoms with Crippen molar-refractivity contribution in [2.45, 2.75) is 38.4 Å². The van der Waals surface area contributed by atoms with Gasteiger partial charge in [0.25, 0.3) is 0 Å². The summed E-state index contributed by atoms with van der Waals surface area (Å²) >= 11 is 2.05. The molecule has 0 saturated heterocycles. The zero-order valence-electron chi connectivity index (χ0n) is 12.7. The molecule has 0 heterocycles. The highest BCUT2D eigenvalue weighted by molar-refractivity contribution is 8.03. The van der Waals surface area contributed by atoms with E-state index in [1.807, 2.05) is 43.0 Å². The minimum absolute atomic E-state index is 0.653. The Balaban J connectivity index is 0.000000246. The van der Waals surface area contributed by atoms with E-state index in [9.17, 15) is 0 Å². The molecule has 2 rings (SSSR count). The Kier molecular flexibility index (Phi) is 8.90. The van der Waals surface area contributed by atoms with Crippen LogP contribution < -0.4 is 0 Å². The van der Waals surface area contributed by atoms with Gasteiger partial charge in [-0.2, -0.15) is 0 Å². The zero-order chi connectivity index (χ0) is 14.6. The quantitative estimate of drug-likeness (QED) is 0.436. The highest BCUT2D eigenvalue weighted by Crippen LogP contribution is 2.36. The van der Waals surface area contributed by atoms with E-state index >= 15 is 0 Å². The number of thioether (sulfide) groups is 1. The fraction of sp³-hybridized carbons (Fsp3) is 0.368. The SMILES string of the molecule is C=C/C=C\C=C/C.CC1C=CC=C1SC1C=CCCC1. The molecule has 0 nitrogen and oxygen atoms in total. The summed E-state index contributed by atoms with van der Waals surface area (Å²) in [4.78, 5) is 1.54. The molecule has 0 aromatic rings. The average Bonchev–Trinajstić information content (AvgIpc) is 2.87. The molecule has 20 heavy (non-hydrogen) atoms. The lowest BCUT2D eigenvalue weighted by Crippen LogP contribution is -2.04. The Labute approximate surface area is 128 Å². The Hall–Kier alpha value is -1.21. The van der Waals surface area contributed by atoms with Gasteiger partial charge in [-0.05, 0) is 31.1 Å². The van der Waals surface area contributed by atoms with Gasteiger partial charge in [0.1, 0.15) is 0 Å². The average molecular weight is 286 g/mol. The van der Waals surface area contributed by atoms with Crippen LogP contribution in [0.5, 0.6) is 0 Å². The molecule has 0 spiro atoms. The Morgan fingerprint density at radius 2 is 2.10 bits per heavy atom. The zero-order valence-corrected chi connectivity index (χ0v) is 13.5. The maximum Gasteiger partial charge on any atom is 0.0271 e. The standard InChI is InChI=1S/C12H16S.C7H10/c1-10-6-5-9-12(10)13-11-7-3-2-4-8-11;1-3-5-7-6-4-2/h3,5-7,9-11H,2,4,8H2,1H3;3-7H,1H2,2H3/b;6-4-,7-5-. The maximum atomic E-state index is 3.51. The number of hydrogen-bond acceptors (Lipinski definition) is 1. The molecule has 0 saturated carbocycles. The van der Waals surface area contributed by atoms with E-state index in [-0.39, 0.29) is 0 Å². The summed E-state index contributed by atoms with van der Waals surface area (Å²) in [6, 6.07) is 0. The maximum absolute atomic E-state index is 3.51. The summed E-state index contributed by atoms with van der Waals surface area (Å²) in [6.45, 7) is 7.76. The molecule has 2 aliphatic rings. The number of rotatable bonds is 4. The van der Waals surface area contributed by atoms with Gasteiger partial charge in [0, 0.05) is 11.2 Å². The van der Waals surface area contributed by atoms with Crippen LogP contribution >= 0.6 is 11.8 Å². The Bertz CT molecular complexity index is 421. The van der Waals surface area contributed by atoms with Crippen LogP contribution in [0.1, 0.15) is 33.1 Å². The number of allylic oxidation sites excluding steroid dienone is 10. The van der Waals surface area contributed by atoms with Crippen LogP contribution in [0.3, 0.4) is 0 Å². The minimum atomic E-state index is 0.653. The minimum Gasteiger partial charge on any atom is -0.122 e. The highest BCUT2D eigenvalue weighted by Gasteiger charge is 2.15. The summed E-state index contributed by atoms with van der Waals surface area (Å²) in [5.74, 6) is 0.653. The van der Waals surface area contributed by atoms with Crippen molar-refractivity contribution in [1.29, 1.82) is 0 Å². The predicted octanol–water partition coefficient (Wildman–Crippen LogP) is 6.22. The molecule has 0 radical (unpaired) electrons. The molecule has 0 aliphatic heterocycles. The first kappa shape index (κ1) is 16.8. The van der Waals surface area contributed by atoms with E-state index in [4.69, 9.17) is 0 Å². The molecule has 108 valence electrons. The van der Waals surface area contributed by atoms with E-state index in [0.717, 1.165) is 5.25 Å². The third-order valence-corrected chi connectivity index (χ3v) is 4.63. The topological polar surface area (TPSA) is 0 Å². The largest absolute Gasteiger partial charge is 0.122 e. The molecular weight excluding hydrogens is 260 g/mol. The van der Waals surface area contributed by atoms with E-state index in [2.05, 4.69) is 43.9 Å². The molecule has 2 aliphatic carbocycles. The molecule has 1 heteroatoms. The second kappa shape index (κ2) is 10.6. The van der Waals surface area contributed by atoms with Gasteiger partial charge in [-0.1, -0.05) is 74.3 Å². The summed E-state index contributed by atoms with van der Waals surface area (Å²) < 4.78 is 0. The van der Waals surface area contributed by atoms with Crippen LogP contribution in [0.4, 0.5) is 0 Å². The van der Waals surface area contributed by atoms with Crippen molar-refractivity contribution in [3.8, 4) is 0 Å². The molecule has 0 N–H and O–H groups in total. The summed E-state index contributed by atoms with van der Waals surface area (Å²) in [5.41, 5.74) is 0. The number of hydrogen-bond donors (Lipinski definition) is 0. The van der Waals surface area contributed by atoms with Gasteiger partial charge in [-0.15, -0.1) is 11.8 Å². The molecule has 2 atom stereocenters. The van der Waals surface area contributed by atoms with Crippen LogP contribution in [0.2, 0.25) is 0 Å². The van der Waals surface area contributed by atoms with Crippen molar-refractivity contribution in [3.05, 3.63) is 72.2 Å². The van der Waals surface area contributed by atoms with E-state index in [1.54, 1.807) is 6.08 Å². The van der Waals surface area contributed by atoms with E-state index in [1.165, 1.54) is 24.2 Å². The van der Waals surface area contributed by atoms with Gasteiger partial charge < -0.3 is 0 Å². The first-order valence-corrected chi connectivity index (χ1v) is 8.28. The Morgan fingerprint density at radius 3 is 2.65 bits per heavy atom. The first-order chi connectivity index (χ1) is 9.77. The van der Waals surface area contributed by atoms with Crippen LogP contribution in [-0.2, 0) is 0 Å². The van der Waals surface area contributed by atoms with E-state index in [0.29, 0.717) is 5.92 Å². The summed E-state index contributed by atoms with van der Waals surface area (Å²) in [7, 11) is 0. The van der Waals surface area contributed by atoms with Gasteiger partial charge in [-0.3, -0.25) is 0 Å². The van der Waals surface area contributed by atoms with Crippen molar-refractivity contribution >= 4 is 11.8 Å². The molecule has 0 aromatic carbocycles. The van der Waals surface area contributed by atoms with Crippen molar-refractivity contribution in [2.24, 2.45) is 5.92 Å². The van der Waals surface area contributed by atoms with Gasteiger partial charge in [0.15, 0.2) is 0 Å². The molecule has 0 bridgehead atoms. The monoisotopic (exact) mass is 286 g/mol. The van der Waals surface area contributed by atoms with Crippen molar-refractivity contribution in [2.75, 3.05) is 0 Å². The molecule has 2 unspecified atom stereocenters. The van der Waals surface area contributed by atoms with E-state index < -0.39 is 0 Å². The van der Waals surface area contributed by atoms with Gasteiger partial charge in [0.05, 0.1) is 0 Å².